The number of likely N-dealkylation sites (tertiary alicyclic amines) is 1. The van der Waals surface area contributed by atoms with Gasteiger partial charge in [0.2, 0.25) is 0 Å². The van der Waals surface area contributed by atoms with Gasteiger partial charge in [0.25, 0.3) is 0 Å². The second-order valence-corrected chi connectivity index (χ2v) is 6.67. The minimum atomic E-state index is -0.429. The lowest BCUT2D eigenvalue weighted by Gasteiger charge is -2.37. The van der Waals surface area contributed by atoms with E-state index in [-0.39, 0.29) is 6.09 Å². The van der Waals surface area contributed by atoms with Crippen molar-refractivity contribution >= 4 is 17.7 Å². The van der Waals surface area contributed by atoms with Gasteiger partial charge in [-0.05, 0) is 40.7 Å². The lowest BCUT2D eigenvalue weighted by Crippen LogP contribution is -2.47. The fourth-order valence-corrected chi connectivity index (χ4v) is 2.40. The Balaban J connectivity index is 2.40. The van der Waals surface area contributed by atoms with Crippen molar-refractivity contribution in [3.8, 4) is 0 Å². The maximum Gasteiger partial charge on any atom is 0.410 e. The summed E-state index contributed by atoms with van der Waals surface area (Å²) in [4.78, 5) is 15.9. The van der Waals surface area contributed by atoms with Crippen molar-refractivity contribution < 1.29 is 9.53 Å². The molecule has 0 spiro atoms. The van der Waals surface area contributed by atoms with Crippen LogP contribution >= 0.6 is 11.6 Å². The number of amides is 1. The van der Waals surface area contributed by atoms with Crippen molar-refractivity contribution in [3.63, 3.8) is 0 Å². The summed E-state index contributed by atoms with van der Waals surface area (Å²) in [7, 11) is 2.04. The Hall–Kier alpha value is -0.740. The molecule has 1 amide bonds. The van der Waals surface area contributed by atoms with Crippen molar-refractivity contribution in [1.29, 1.82) is 0 Å². The normalized spacial score (nSPS) is 17.7. The van der Waals surface area contributed by atoms with Crippen molar-refractivity contribution in [1.82, 2.24) is 9.80 Å². The molecule has 0 aromatic rings. The van der Waals surface area contributed by atoms with E-state index in [0.717, 1.165) is 25.9 Å². The third-order valence-electron chi connectivity index (χ3n) is 3.16. The van der Waals surface area contributed by atoms with Crippen molar-refractivity contribution in [3.05, 3.63) is 11.6 Å². The lowest BCUT2D eigenvalue weighted by molar-refractivity contribution is 0.0161. The van der Waals surface area contributed by atoms with Gasteiger partial charge in [0.15, 0.2) is 0 Å². The number of hydrogen-bond donors (Lipinski definition) is 0. The van der Waals surface area contributed by atoms with Crippen LogP contribution < -0.4 is 0 Å². The van der Waals surface area contributed by atoms with Gasteiger partial charge in [-0.25, -0.2) is 4.79 Å². The molecule has 0 aromatic carbocycles. The van der Waals surface area contributed by atoms with Crippen LogP contribution in [0, 0.1) is 0 Å². The van der Waals surface area contributed by atoms with Crippen molar-refractivity contribution in [2.75, 3.05) is 26.7 Å². The van der Waals surface area contributed by atoms with E-state index in [1.165, 1.54) is 0 Å². The topological polar surface area (TPSA) is 32.8 Å². The lowest BCUT2D eigenvalue weighted by atomic mass is 10.0. The largest absolute Gasteiger partial charge is 0.444 e. The van der Waals surface area contributed by atoms with Crippen LogP contribution in [-0.2, 0) is 4.74 Å². The first kappa shape index (κ1) is 16.3. The highest BCUT2D eigenvalue weighted by Crippen LogP contribution is 2.19. The first-order valence-electron chi connectivity index (χ1n) is 6.70. The number of rotatable bonds is 3. The number of ether oxygens (including phenoxy) is 1. The quantitative estimate of drug-likeness (QED) is 0.800. The van der Waals surface area contributed by atoms with Gasteiger partial charge in [-0.2, -0.15) is 0 Å². The molecule has 0 aliphatic carbocycles. The van der Waals surface area contributed by atoms with Gasteiger partial charge < -0.3 is 9.64 Å². The van der Waals surface area contributed by atoms with Crippen LogP contribution in [0.5, 0.6) is 0 Å². The molecule has 0 atom stereocenters. The number of carbonyl (C=O) groups is 1. The molecular weight excluding hydrogens is 264 g/mol. The highest BCUT2D eigenvalue weighted by molar-refractivity contribution is 6.29. The average Bonchev–Trinajstić information content (AvgIpc) is 2.26. The SMILES string of the molecule is C=C(Cl)CN(C)C1CCN(C(=O)OC(C)(C)C)CC1. The van der Waals surface area contributed by atoms with Crippen LogP contribution in [0.3, 0.4) is 0 Å². The minimum absolute atomic E-state index is 0.213. The first-order chi connectivity index (χ1) is 8.69. The van der Waals surface area contributed by atoms with Gasteiger partial charge in [-0.3, -0.25) is 4.90 Å². The molecule has 0 saturated carbocycles. The summed E-state index contributed by atoms with van der Waals surface area (Å²) < 4.78 is 5.38. The number of nitrogens with zero attached hydrogens (tertiary/aromatic N) is 2. The van der Waals surface area contributed by atoms with Gasteiger partial charge in [0, 0.05) is 30.7 Å². The highest BCUT2D eigenvalue weighted by atomic mass is 35.5. The van der Waals surface area contributed by atoms with E-state index < -0.39 is 5.60 Å². The summed E-state index contributed by atoms with van der Waals surface area (Å²) in [5.41, 5.74) is -0.429. The predicted molar refractivity (Wildman–Crippen MR) is 78.5 cm³/mol. The van der Waals surface area contributed by atoms with E-state index >= 15 is 0 Å². The molecule has 0 radical (unpaired) electrons. The fourth-order valence-electron chi connectivity index (χ4n) is 2.22. The molecule has 1 aliphatic heterocycles. The van der Waals surface area contributed by atoms with Crippen LogP contribution in [0.4, 0.5) is 4.79 Å². The number of carbonyl (C=O) groups excluding carboxylic acids is 1. The van der Waals surface area contributed by atoms with E-state index in [0.29, 0.717) is 17.6 Å². The van der Waals surface area contributed by atoms with Gasteiger partial charge in [0.05, 0.1) is 0 Å². The van der Waals surface area contributed by atoms with Crippen molar-refractivity contribution in [2.45, 2.75) is 45.3 Å². The molecule has 1 aliphatic rings. The summed E-state index contributed by atoms with van der Waals surface area (Å²) in [6, 6.07) is 0.453. The van der Waals surface area contributed by atoms with E-state index in [1.807, 2.05) is 27.8 Å². The zero-order chi connectivity index (χ0) is 14.6. The second kappa shape index (κ2) is 6.62. The highest BCUT2D eigenvalue weighted by Gasteiger charge is 2.28. The van der Waals surface area contributed by atoms with Gasteiger partial charge >= 0.3 is 6.09 Å². The van der Waals surface area contributed by atoms with E-state index in [9.17, 15) is 4.79 Å². The molecule has 4 nitrogen and oxygen atoms in total. The summed E-state index contributed by atoms with van der Waals surface area (Å²) in [6.45, 7) is 11.5. The molecule has 110 valence electrons. The Morgan fingerprint density at radius 1 is 1.42 bits per heavy atom. The fraction of sp³-hybridized carbons (Fsp3) is 0.786. The molecule has 0 bridgehead atoms. The molecule has 1 fully saturated rings. The summed E-state index contributed by atoms with van der Waals surface area (Å²) in [6.07, 6.45) is 1.68. The monoisotopic (exact) mass is 288 g/mol. The molecule has 0 unspecified atom stereocenters. The molecule has 1 rings (SSSR count). The summed E-state index contributed by atoms with van der Waals surface area (Å²) >= 11 is 5.82. The third-order valence-corrected chi connectivity index (χ3v) is 3.28. The Kier molecular flexibility index (Phi) is 5.68. The van der Waals surface area contributed by atoms with Gasteiger partial charge in [0.1, 0.15) is 5.60 Å². The Labute approximate surface area is 121 Å². The zero-order valence-electron chi connectivity index (χ0n) is 12.4. The first-order valence-corrected chi connectivity index (χ1v) is 7.08. The molecule has 1 heterocycles. The molecule has 19 heavy (non-hydrogen) atoms. The molecule has 1 saturated heterocycles. The molecule has 0 N–H and O–H groups in total. The number of likely N-dealkylation sites (N-methyl/N-ethyl adjacent to an activating group) is 1. The molecular formula is C14H25ClN2O2. The van der Waals surface area contributed by atoms with Crippen LogP contribution in [0.25, 0.3) is 0 Å². The van der Waals surface area contributed by atoms with E-state index in [4.69, 9.17) is 16.3 Å². The maximum absolute atomic E-state index is 11.9. The second-order valence-electron chi connectivity index (χ2n) is 6.13. The Morgan fingerprint density at radius 3 is 2.37 bits per heavy atom. The molecule has 5 heteroatoms. The van der Waals surface area contributed by atoms with E-state index in [2.05, 4.69) is 11.5 Å². The average molecular weight is 289 g/mol. The Morgan fingerprint density at radius 2 is 1.95 bits per heavy atom. The maximum atomic E-state index is 11.9. The minimum Gasteiger partial charge on any atom is -0.444 e. The van der Waals surface area contributed by atoms with Crippen molar-refractivity contribution in [2.24, 2.45) is 0 Å². The van der Waals surface area contributed by atoms with Crippen LogP contribution in [0.15, 0.2) is 11.6 Å². The smallest absolute Gasteiger partial charge is 0.410 e. The summed E-state index contributed by atoms with van der Waals surface area (Å²) in [5.74, 6) is 0. The van der Waals surface area contributed by atoms with E-state index in [1.54, 1.807) is 4.90 Å². The van der Waals surface area contributed by atoms with Gasteiger partial charge in [-0.1, -0.05) is 18.2 Å². The zero-order valence-corrected chi connectivity index (χ0v) is 13.2. The van der Waals surface area contributed by atoms with Crippen LogP contribution in [0.2, 0.25) is 0 Å². The Bertz CT molecular complexity index is 331. The number of halogens is 1. The van der Waals surface area contributed by atoms with Gasteiger partial charge in [-0.15, -0.1) is 0 Å². The number of hydrogen-bond acceptors (Lipinski definition) is 3. The van der Waals surface area contributed by atoms with Crippen LogP contribution in [-0.4, -0.2) is 54.2 Å². The molecule has 0 aromatic heterocycles. The summed E-state index contributed by atoms with van der Waals surface area (Å²) in [5, 5.41) is 0.650. The van der Waals surface area contributed by atoms with Crippen LogP contribution in [0.1, 0.15) is 33.6 Å². The standard InChI is InChI=1S/C14H25ClN2O2/c1-11(15)10-16(5)12-6-8-17(9-7-12)13(18)19-14(2,3)4/h12H,1,6-10H2,2-5H3. The predicted octanol–water partition coefficient (Wildman–Crippen LogP) is 3.07. The number of piperidine rings is 1. The third kappa shape index (κ3) is 5.83.